The predicted octanol–water partition coefficient (Wildman–Crippen LogP) is 2.69. The Hall–Kier alpha value is -1.69. The molecule has 86 valence electrons. The molecule has 0 aromatic carbocycles. The summed E-state index contributed by atoms with van der Waals surface area (Å²) < 4.78 is 5.64. The van der Waals surface area contributed by atoms with Crippen LogP contribution in [-0.2, 0) is 0 Å². The fraction of sp³-hybridized carbons (Fsp3) is 0.462. The number of rotatable bonds is 5. The molecule has 3 nitrogen and oxygen atoms in total. The van der Waals surface area contributed by atoms with Gasteiger partial charge in [-0.25, -0.2) is 4.98 Å². The quantitative estimate of drug-likeness (QED) is 0.771. The van der Waals surface area contributed by atoms with Gasteiger partial charge in [0.2, 0.25) is 0 Å². The van der Waals surface area contributed by atoms with Crippen molar-refractivity contribution >= 4 is 5.82 Å². The predicted molar refractivity (Wildman–Crippen MR) is 66.5 cm³/mol. The number of nitrogens with one attached hydrogen (secondary N) is 1. The Morgan fingerprint density at radius 1 is 1.56 bits per heavy atom. The van der Waals surface area contributed by atoms with Gasteiger partial charge in [-0.05, 0) is 32.4 Å². The second-order valence-electron chi connectivity index (χ2n) is 3.79. The molecule has 0 aliphatic carbocycles. The zero-order chi connectivity index (χ0) is 12.0. The number of ether oxygens (including phenoxy) is 1. The first kappa shape index (κ1) is 12.4. The summed E-state index contributed by atoms with van der Waals surface area (Å²) in [6, 6.07) is 3.72. The average Bonchev–Trinajstić information content (AvgIpc) is 2.27. The third kappa shape index (κ3) is 3.47. The first-order chi connectivity index (χ1) is 7.67. The number of anilines is 1. The van der Waals surface area contributed by atoms with E-state index in [1.54, 1.807) is 6.20 Å². The molecule has 1 atom stereocenters. The standard InChI is InChI=1S/C13H18N2O/c1-5-11(6-2)15-13-12(16-10(3)4)8-7-9-14-13/h1,7-11H,6H2,2-4H3,(H,14,15). The fourth-order valence-electron chi connectivity index (χ4n) is 1.27. The maximum atomic E-state index is 5.64. The number of hydrogen-bond acceptors (Lipinski definition) is 3. The zero-order valence-electron chi connectivity index (χ0n) is 10.0. The highest BCUT2D eigenvalue weighted by Crippen LogP contribution is 2.23. The molecule has 16 heavy (non-hydrogen) atoms. The van der Waals surface area contributed by atoms with Crippen LogP contribution < -0.4 is 10.1 Å². The molecule has 0 aliphatic heterocycles. The van der Waals surface area contributed by atoms with Gasteiger partial charge in [0.15, 0.2) is 11.6 Å². The van der Waals surface area contributed by atoms with Gasteiger partial charge in [-0.1, -0.05) is 12.8 Å². The largest absolute Gasteiger partial charge is 0.487 e. The van der Waals surface area contributed by atoms with Crippen LogP contribution in [0.1, 0.15) is 27.2 Å². The molecule has 1 rings (SSSR count). The second-order valence-corrected chi connectivity index (χ2v) is 3.79. The van der Waals surface area contributed by atoms with Gasteiger partial charge >= 0.3 is 0 Å². The lowest BCUT2D eigenvalue weighted by atomic mass is 10.2. The number of terminal acetylenes is 1. The minimum atomic E-state index is -0.00980. The highest BCUT2D eigenvalue weighted by atomic mass is 16.5. The van der Waals surface area contributed by atoms with Crippen LogP contribution in [-0.4, -0.2) is 17.1 Å². The lowest BCUT2D eigenvalue weighted by Gasteiger charge is -2.16. The second kappa shape index (κ2) is 6.02. The maximum Gasteiger partial charge on any atom is 0.169 e. The minimum absolute atomic E-state index is 0.00980. The van der Waals surface area contributed by atoms with E-state index in [1.165, 1.54) is 0 Å². The topological polar surface area (TPSA) is 34.2 Å². The Labute approximate surface area is 97.2 Å². The molecule has 1 heterocycles. The molecule has 0 saturated carbocycles. The normalized spacial score (nSPS) is 11.9. The summed E-state index contributed by atoms with van der Waals surface area (Å²) in [5.74, 6) is 4.13. The number of hydrogen-bond donors (Lipinski definition) is 1. The molecular formula is C13H18N2O. The Bertz CT molecular complexity index is 368. The van der Waals surface area contributed by atoms with Crippen LogP contribution in [0.15, 0.2) is 18.3 Å². The summed E-state index contributed by atoms with van der Waals surface area (Å²) in [7, 11) is 0. The van der Waals surface area contributed by atoms with E-state index < -0.39 is 0 Å². The van der Waals surface area contributed by atoms with Gasteiger partial charge in [0.25, 0.3) is 0 Å². The summed E-state index contributed by atoms with van der Waals surface area (Å²) in [6.07, 6.45) is 8.10. The summed E-state index contributed by atoms with van der Waals surface area (Å²) in [4.78, 5) is 4.24. The average molecular weight is 218 g/mol. The Morgan fingerprint density at radius 2 is 2.31 bits per heavy atom. The van der Waals surface area contributed by atoms with Gasteiger partial charge in [0.1, 0.15) is 0 Å². The van der Waals surface area contributed by atoms with E-state index in [0.717, 1.165) is 12.2 Å². The Balaban J connectivity index is 2.82. The molecule has 0 radical (unpaired) electrons. The highest BCUT2D eigenvalue weighted by molar-refractivity contribution is 5.51. The van der Waals surface area contributed by atoms with Gasteiger partial charge in [-0.15, -0.1) is 6.42 Å². The minimum Gasteiger partial charge on any atom is -0.487 e. The fourth-order valence-corrected chi connectivity index (χ4v) is 1.27. The molecule has 0 bridgehead atoms. The molecule has 0 spiro atoms. The molecule has 0 aliphatic rings. The first-order valence-electron chi connectivity index (χ1n) is 5.51. The smallest absolute Gasteiger partial charge is 0.169 e. The van der Waals surface area contributed by atoms with Crippen LogP contribution in [0, 0.1) is 12.3 Å². The van der Waals surface area contributed by atoms with Crippen molar-refractivity contribution in [2.24, 2.45) is 0 Å². The van der Waals surface area contributed by atoms with Crippen LogP contribution in [0.25, 0.3) is 0 Å². The van der Waals surface area contributed by atoms with Gasteiger partial charge in [-0.3, -0.25) is 0 Å². The number of aromatic nitrogens is 1. The highest BCUT2D eigenvalue weighted by Gasteiger charge is 2.09. The molecule has 1 aromatic heterocycles. The molecule has 3 heteroatoms. The van der Waals surface area contributed by atoms with Gasteiger partial charge < -0.3 is 10.1 Å². The summed E-state index contributed by atoms with van der Waals surface area (Å²) in [5.41, 5.74) is 0. The van der Waals surface area contributed by atoms with E-state index in [9.17, 15) is 0 Å². The third-order valence-electron chi connectivity index (χ3n) is 2.05. The SMILES string of the molecule is C#CC(CC)Nc1ncccc1OC(C)C. The van der Waals surface area contributed by atoms with E-state index in [4.69, 9.17) is 11.2 Å². The van der Waals surface area contributed by atoms with Crippen molar-refractivity contribution in [1.82, 2.24) is 4.98 Å². The molecule has 0 saturated heterocycles. The van der Waals surface area contributed by atoms with Crippen molar-refractivity contribution in [1.29, 1.82) is 0 Å². The molecule has 1 aromatic rings. The van der Waals surface area contributed by atoms with Crippen LogP contribution in [0.4, 0.5) is 5.82 Å². The molecule has 0 amide bonds. The van der Waals surface area contributed by atoms with E-state index in [2.05, 4.69) is 16.2 Å². The summed E-state index contributed by atoms with van der Waals surface area (Å²) in [5, 5.41) is 3.18. The van der Waals surface area contributed by atoms with Crippen molar-refractivity contribution in [3.05, 3.63) is 18.3 Å². The lowest BCUT2D eigenvalue weighted by Crippen LogP contribution is -2.18. The van der Waals surface area contributed by atoms with Gasteiger partial charge in [-0.2, -0.15) is 0 Å². The van der Waals surface area contributed by atoms with Crippen molar-refractivity contribution in [3.63, 3.8) is 0 Å². The third-order valence-corrected chi connectivity index (χ3v) is 2.05. The van der Waals surface area contributed by atoms with Crippen LogP contribution in [0.5, 0.6) is 5.75 Å². The lowest BCUT2D eigenvalue weighted by molar-refractivity contribution is 0.243. The van der Waals surface area contributed by atoms with Crippen LogP contribution >= 0.6 is 0 Å². The number of nitrogens with zero attached hydrogens (tertiary/aromatic N) is 1. The van der Waals surface area contributed by atoms with Crippen molar-refractivity contribution in [2.75, 3.05) is 5.32 Å². The molecular weight excluding hydrogens is 200 g/mol. The van der Waals surface area contributed by atoms with Crippen molar-refractivity contribution in [2.45, 2.75) is 39.3 Å². The summed E-state index contributed by atoms with van der Waals surface area (Å²) in [6.45, 7) is 5.99. The molecule has 0 fully saturated rings. The van der Waals surface area contributed by atoms with Crippen LogP contribution in [0.2, 0.25) is 0 Å². The van der Waals surface area contributed by atoms with E-state index in [1.807, 2.05) is 32.9 Å². The van der Waals surface area contributed by atoms with E-state index >= 15 is 0 Å². The number of pyridine rings is 1. The van der Waals surface area contributed by atoms with Gasteiger partial charge in [0.05, 0.1) is 12.1 Å². The van der Waals surface area contributed by atoms with E-state index in [0.29, 0.717) is 5.82 Å². The van der Waals surface area contributed by atoms with Crippen LogP contribution in [0.3, 0.4) is 0 Å². The van der Waals surface area contributed by atoms with Crippen molar-refractivity contribution in [3.8, 4) is 18.1 Å². The molecule has 1 unspecified atom stereocenters. The molecule has 1 N–H and O–H groups in total. The monoisotopic (exact) mass is 218 g/mol. The zero-order valence-corrected chi connectivity index (χ0v) is 10.0. The van der Waals surface area contributed by atoms with Gasteiger partial charge in [0, 0.05) is 6.20 Å². The maximum absolute atomic E-state index is 5.64. The van der Waals surface area contributed by atoms with E-state index in [-0.39, 0.29) is 12.1 Å². The Morgan fingerprint density at radius 3 is 2.88 bits per heavy atom. The summed E-state index contributed by atoms with van der Waals surface area (Å²) >= 11 is 0. The van der Waals surface area contributed by atoms with Crippen molar-refractivity contribution < 1.29 is 4.74 Å². The first-order valence-corrected chi connectivity index (χ1v) is 5.51. The Kier molecular flexibility index (Phi) is 4.65.